The molecule has 1 amide bonds. The van der Waals surface area contributed by atoms with Crippen LogP contribution in [-0.2, 0) is 14.8 Å². The number of hydrogen-bond donors (Lipinski definition) is 1. The molecule has 0 aromatic heterocycles. The molecule has 7 nitrogen and oxygen atoms in total. The molecule has 8 heteroatoms. The van der Waals surface area contributed by atoms with Crippen molar-refractivity contribution in [3.8, 4) is 11.5 Å². The number of nitrogens with one attached hydrogen (secondary N) is 1. The lowest BCUT2D eigenvalue weighted by Crippen LogP contribution is -2.42. The van der Waals surface area contributed by atoms with Crippen LogP contribution in [0.3, 0.4) is 0 Å². The molecule has 2 rings (SSSR count). The van der Waals surface area contributed by atoms with Gasteiger partial charge in [0.05, 0.1) is 26.2 Å². The van der Waals surface area contributed by atoms with E-state index < -0.39 is 16.1 Å². The Labute approximate surface area is 130 Å². The minimum absolute atomic E-state index is 0.366. The zero-order chi connectivity index (χ0) is 16.3. The Hall–Kier alpha value is -1.80. The molecule has 1 heterocycles. The number of hydrogen-bond acceptors (Lipinski definition) is 5. The van der Waals surface area contributed by atoms with E-state index >= 15 is 0 Å². The summed E-state index contributed by atoms with van der Waals surface area (Å²) in [5.74, 6) is 0.690. The van der Waals surface area contributed by atoms with Gasteiger partial charge in [0.2, 0.25) is 15.9 Å². The van der Waals surface area contributed by atoms with Gasteiger partial charge < -0.3 is 14.8 Å². The molecule has 0 aliphatic carbocycles. The Morgan fingerprint density at radius 3 is 2.64 bits per heavy atom. The summed E-state index contributed by atoms with van der Waals surface area (Å²) in [6.07, 6.45) is 2.29. The predicted molar refractivity (Wildman–Crippen MR) is 82.7 cm³/mol. The van der Waals surface area contributed by atoms with Crippen molar-refractivity contribution in [2.75, 3.05) is 32.3 Å². The van der Waals surface area contributed by atoms with Gasteiger partial charge in [0.15, 0.2) is 0 Å². The van der Waals surface area contributed by atoms with Gasteiger partial charge in [0.1, 0.15) is 17.5 Å². The fourth-order valence-electron chi connectivity index (χ4n) is 2.53. The Morgan fingerprint density at radius 1 is 1.32 bits per heavy atom. The number of ether oxygens (including phenoxy) is 2. The standard InChI is InChI=1S/C14H20N2O5S/c1-20-10-6-7-13(21-2)11(9-10)15-14(17)12-5-4-8-16(12)22(3,18)19/h6-7,9,12H,4-5,8H2,1-3H3,(H,15,17). The van der Waals surface area contributed by atoms with Gasteiger partial charge in [-0.05, 0) is 25.0 Å². The third kappa shape index (κ3) is 3.50. The lowest BCUT2D eigenvalue weighted by molar-refractivity contribution is -0.119. The smallest absolute Gasteiger partial charge is 0.242 e. The molecule has 1 aliphatic heterocycles. The summed E-state index contributed by atoms with van der Waals surface area (Å²) in [6.45, 7) is 0.367. The molecule has 1 atom stereocenters. The molecule has 22 heavy (non-hydrogen) atoms. The Kier molecular flexibility index (Phi) is 4.92. The van der Waals surface area contributed by atoms with Gasteiger partial charge in [0.25, 0.3) is 0 Å². The molecule has 0 spiro atoms. The van der Waals surface area contributed by atoms with Crippen molar-refractivity contribution >= 4 is 21.6 Å². The van der Waals surface area contributed by atoms with Gasteiger partial charge in [-0.3, -0.25) is 4.79 Å². The lowest BCUT2D eigenvalue weighted by atomic mass is 10.2. The minimum Gasteiger partial charge on any atom is -0.497 e. The van der Waals surface area contributed by atoms with Crippen molar-refractivity contribution in [1.29, 1.82) is 0 Å². The number of carbonyl (C=O) groups excluding carboxylic acids is 1. The van der Waals surface area contributed by atoms with E-state index in [2.05, 4.69) is 5.32 Å². The van der Waals surface area contributed by atoms with Crippen molar-refractivity contribution in [1.82, 2.24) is 4.31 Å². The van der Waals surface area contributed by atoms with E-state index in [1.165, 1.54) is 18.5 Å². The van der Waals surface area contributed by atoms with Gasteiger partial charge >= 0.3 is 0 Å². The first-order valence-electron chi connectivity index (χ1n) is 6.86. The van der Waals surface area contributed by atoms with E-state index in [1.54, 1.807) is 18.2 Å². The van der Waals surface area contributed by atoms with Gasteiger partial charge in [-0.15, -0.1) is 0 Å². The van der Waals surface area contributed by atoms with Crippen LogP contribution < -0.4 is 14.8 Å². The van der Waals surface area contributed by atoms with Crippen LogP contribution in [0.25, 0.3) is 0 Å². The number of methoxy groups -OCH3 is 2. The summed E-state index contributed by atoms with van der Waals surface area (Å²) in [7, 11) is -0.382. The molecular formula is C14H20N2O5S. The topological polar surface area (TPSA) is 84.9 Å². The number of carbonyl (C=O) groups is 1. The molecule has 1 aromatic rings. The number of amides is 1. The maximum Gasteiger partial charge on any atom is 0.242 e. The summed E-state index contributed by atoms with van der Waals surface area (Å²) < 4.78 is 35.0. The quantitative estimate of drug-likeness (QED) is 0.874. The summed E-state index contributed by atoms with van der Waals surface area (Å²) in [4.78, 5) is 12.4. The highest BCUT2D eigenvalue weighted by molar-refractivity contribution is 7.88. The second-order valence-electron chi connectivity index (χ2n) is 5.09. The molecule has 0 saturated carbocycles. The summed E-state index contributed by atoms with van der Waals surface area (Å²) >= 11 is 0. The lowest BCUT2D eigenvalue weighted by Gasteiger charge is -2.22. The molecule has 1 fully saturated rings. The zero-order valence-electron chi connectivity index (χ0n) is 12.8. The van der Waals surface area contributed by atoms with Crippen molar-refractivity contribution in [2.24, 2.45) is 0 Å². The van der Waals surface area contributed by atoms with Crippen molar-refractivity contribution < 1.29 is 22.7 Å². The molecular weight excluding hydrogens is 308 g/mol. The highest BCUT2D eigenvalue weighted by atomic mass is 32.2. The number of benzene rings is 1. The highest BCUT2D eigenvalue weighted by Crippen LogP contribution is 2.30. The van der Waals surface area contributed by atoms with Crippen LogP contribution in [0, 0.1) is 0 Å². The molecule has 1 saturated heterocycles. The van der Waals surface area contributed by atoms with Gasteiger partial charge in [-0.2, -0.15) is 4.31 Å². The monoisotopic (exact) mass is 328 g/mol. The average Bonchev–Trinajstić information content (AvgIpc) is 2.96. The van der Waals surface area contributed by atoms with Crippen LogP contribution in [0.2, 0.25) is 0 Å². The van der Waals surface area contributed by atoms with E-state index in [-0.39, 0.29) is 5.91 Å². The first-order chi connectivity index (χ1) is 10.4. The average molecular weight is 328 g/mol. The summed E-state index contributed by atoms with van der Waals surface area (Å²) in [6, 6.07) is 4.34. The van der Waals surface area contributed by atoms with Crippen molar-refractivity contribution in [3.63, 3.8) is 0 Å². The number of anilines is 1. The largest absolute Gasteiger partial charge is 0.497 e. The van der Waals surface area contributed by atoms with E-state index in [0.717, 1.165) is 6.26 Å². The van der Waals surface area contributed by atoms with Gasteiger partial charge in [-0.25, -0.2) is 8.42 Å². The van der Waals surface area contributed by atoms with E-state index in [1.807, 2.05) is 0 Å². The molecule has 1 aliphatic rings. The van der Waals surface area contributed by atoms with E-state index in [0.29, 0.717) is 36.6 Å². The number of nitrogens with zero attached hydrogens (tertiary/aromatic N) is 1. The van der Waals surface area contributed by atoms with Crippen molar-refractivity contribution in [3.05, 3.63) is 18.2 Å². The van der Waals surface area contributed by atoms with Gasteiger partial charge in [0, 0.05) is 12.6 Å². The van der Waals surface area contributed by atoms with Crippen LogP contribution in [0.1, 0.15) is 12.8 Å². The number of rotatable bonds is 5. The van der Waals surface area contributed by atoms with Gasteiger partial charge in [-0.1, -0.05) is 0 Å². The summed E-state index contributed by atoms with van der Waals surface area (Å²) in [5, 5.41) is 2.73. The molecule has 1 unspecified atom stereocenters. The molecule has 122 valence electrons. The van der Waals surface area contributed by atoms with Crippen LogP contribution in [0.5, 0.6) is 11.5 Å². The van der Waals surface area contributed by atoms with Crippen LogP contribution in [0.15, 0.2) is 18.2 Å². The molecule has 1 aromatic carbocycles. The Balaban J connectivity index is 2.21. The summed E-state index contributed by atoms with van der Waals surface area (Å²) in [5.41, 5.74) is 0.451. The van der Waals surface area contributed by atoms with E-state index in [9.17, 15) is 13.2 Å². The van der Waals surface area contributed by atoms with Crippen molar-refractivity contribution in [2.45, 2.75) is 18.9 Å². The fraction of sp³-hybridized carbons (Fsp3) is 0.500. The first kappa shape index (κ1) is 16.6. The molecule has 0 radical (unpaired) electrons. The third-order valence-electron chi connectivity index (χ3n) is 3.60. The maximum absolute atomic E-state index is 12.4. The number of sulfonamides is 1. The molecule has 0 bridgehead atoms. The zero-order valence-corrected chi connectivity index (χ0v) is 13.6. The van der Waals surface area contributed by atoms with E-state index in [4.69, 9.17) is 9.47 Å². The second-order valence-corrected chi connectivity index (χ2v) is 7.02. The fourth-order valence-corrected chi connectivity index (χ4v) is 3.65. The van der Waals surface area contributed by atoms with Crippen LogP contribution in [-0.4, -0.2) is 51.7 Å². The SMILES string of the molecule is COc1ccc(OC)c(NC(=O)C2CCCN2S(C)(=O)=O)c1. The maximum atomic E-state index is 12.4. The Morgan fingerprint density at radius 2 is 2.05 bits per heavy atom. The minimum atomic E-state index is -3.40. The second kappa shape index (κ2) is 6.53. The molecule has 1 N–H and O–H groups in total. The Bertz CT molecular complexity index is 659. The highest BCUT2D eigenvalue weighted by Gasteiger charge is 2.36. The van der Waals surface area contributed by atoms with Crippen LogP contribution >= 0.6 is 0 Å². The van der Waals surface area contributed by atoms with Crippen LogP contribution in [0.4, 0.5) is 5.69 Å². The predicted octanol–water partition coefficient (Wildman–Crippen LogP) is 1.07. The third-order valence-corrected chi connectivity index (χ3v) is 4.89. The normalized spacial score (nSPS) is 19.0. The first-order valence-corrected chi connectivity index (χ1v) is 8.71.